The summed E-state index contributed by atoms with van der Waals surface area (Å²) in [4.78, 5) is 0. The van der Waals surface area contributed by atoms with Crippen molar-refractivity contribution in [3.8, 4) is 0 Å². The normalized spacial score (nSPS) is 10.7. The molecule has 0 saturated heterocycles. The summed E-state index contributed by atoms with van der Waals surface area (Å²) in [6, 6.07) is 9.41. The Labute approximate surface area is 123 Å². The number of rotatable bonds is 4. The smallest absolute Gasteiger partial charge is 0.159 e. The molecule has 0 aliphatic carbocycles. The molecule has 0 amide bonds. The van der Waals surface area contributed by atoms with Gasteiger partial charge in [-0.25, -0.2) is 8.78 Å². The van der Waals surface area contributed by atoms with Crippen LogP contribution in [-0.2, 0) is 13.1 Å². The van der Waals surface area contributed by atoms with E-state index in [1.54, 1.807) is 12.1 Å². The average molecular weight is 347 g/mol. The highest BCUT2D eigenvalue weighted by molar-refractivity contribution is 9.10. The number of benzene rings is 2. The Morgan fingerprint density at radius 2 is 1.79 bits per heavy atom. The Hall–Kier alpha value is -0.970. The van der Waals surface area contributed by atoms with Gasteiger partial charge in [-0.3, -0.25) is 0 Å². The van der Waals surface area contributed by atoms with Gasteiger partial charge in [-0.2, -0.15) is 0 Å². The van der Waals surface area contributed by atoms with Crippen molar-refractivity contribution in [1.82, 2.24) is 5.32 Å². The maximum absolute atomic E-state index is 13.0. The minimum atomic E-state index is -0.829. The first-order valence-corrected chi connectivity index (χ1v) is 6.82. The van der Waals surface area contributed by atoms with Crippen molar-refractivity contribution < 1.29 is 8.78 Å². The van der Waals surface area contributed by atoms with E-state index in [-0.39, 0.29) is 0 Å². The number of hydrogen-bond acceptors (Lipinski definition) is 1. The third-order valence-electron chi connectivity index (χ3n) is 2.64. The molecular weight excluding hydrogens is 336 g/mol. The van der Waals surface area contributed by atoms with Crippen molar-refractivity contribution in [2.24, 2.45) is 0 Å². The van der Waals surface area contributed by atoms with E-state index in [9.17, 15) is 8.78 Å². The fraction of sp³-hybridized carbons (Fsp3) is 0.143. The Kier molecular flexibility index (Phi) is 4.91. The average Bonchev–Trinajstić information content (AvgIpc) is 2.36. The summed E-state index contributed by atoms with van der Waals surface area (Å²) in [5, 5.41) is 3.83. The lowest BCUT2D eigenvalue weighted by Crippen LogP contribution is -2.13. The Balaban J connectivity index is 1.94. The summed E-state index contributed by atoms with van der Waals surface area (Å²) < 4.78 is 26.7. The van der Waals surface area contributed by atoms with Gasteiger partial charge in [-0.15, -0.1) is 0 Å². The van der Waals surface area contributed by atoms with Gasteiger partial charge < -0.3 is 5.32 Å². The maximum Gasteiger partial charge on any atom is 0.159 e. The zero-order valence-electron chi connectivity index (χ0n) is 9.89. The number of hydrogen-bond donors (Lipinski definition) is 1. The van der Waals surface area contributed by atoms with Crippen molar-refractivity contribution in [2.75, 3.05) is 0 Å². The molecule has 19 heavy (non-hydrogen) atoms. The molecule has 0 aromatic heterocycles. The van der Waals surface area contributed by atoms with E-state index in [4.69, 9.17) is 11.6 Å². The molecule has 2 aromatic rings. The molecule has 1 nitrogen and oxygen atoms in total. The monoisotopic (exact) mass is 345 g/mol. The van der Waals surface area contributed by atoms with Gasteiger partial charge in [0, 0.05) is 22.6 Å². The van der Waals surface area contributed by atoms with E-state index >= 15 is 0 Å². The van der Waals surface area contributed by atoms with Gasteiger partial charge in [0.2, 0.25) is 0 Å². The van der Waals surface area contributed by atoms with Crippen LogP contribution in [0, 0.1) is 11.6 Å². The molecule has 1 N–H and O–H groups in total. The highest BCUT2D eigenvalue weighted by Crippen LogP contribution is 2.21. The molecular formula is C14H11BrClF2N. The van der Waals surface area contributed by atoms with Crippen LogP contribution in [0.3, 0.4) is 0 Å². The summed E-state index contributed by atoms with van der Waals surface area (Å²) >= 11 is 9.27. The van der Waals surface area contributed by atoms with E-state index in [0.29, 0.717) is 23.7 Å². The topological polar surface area (TPSA) is 12.0 Å². The first kappa shape index (κ1) is 14.4. The van der Waals surface area contributed by atoms with Crippen molar-refractivity contribution in [1.29, 1.82) is 0 Å². The Morgan fingerprint density at radius 3 is 2.47 bits per heavy atom. The largest absolute Gasteiger partial charge is 0.309 e. The van der Waals surface area contributed by atoms with Crippen LogP contribution < -0.4 is 5.32 Å². The molecule has 0 atom stereocenters. The van der Waals surface area contributed by atoms with Crippen LogP contribution in [0.4, 0.5) is 8.78 Å². The first-order valence-electron chi connectivity index (χ1n) is 5.65. The fourth-order valence-corrected chi connectivity index (χ4v) is 2.48. The van der Waals surface area contributed by atoms with Crippen molar-refractivity contribution in [3.63, 3.8) is 0 Å². The highest BCUT2D eigenvalue weighted by atomic mass is 79.9. The Morgan fingerprint density at radius 1 is 1.00 bits per heavy atom. The van der Waals surface area contributed by atoms with E-state index in [0.717, 1.165) is 16.1 Å². The van der Waals surface area contributed by atoms with Gasteiger partial charge >= 0.3 is 0 Å². The Bertz CT molecular complexity index is 590. The summed E-state index contributed by atoms with van der Waals surface area (Å²) in [7, 11) is 0. The van der Waals surface area contributed by atoms with Crippen LogP contribution >= 0.6 is 27.5 Å². The molecule has 5 heteroatoms. The standard InChI is InChI=1S/C14H11BrClF2N/c15-12-6-11(16)3-2-10(12)8-19-7-9-1-4-13(17)14(18)5-9/h1-6,19H,7-8H2. The van der Waals surface area contributed by atoms with Gasteiger partial charge in [0.1, 0.15) is 0 Å². The zero-order chi connectivity index (χ0) is 13.8. The van der Waals surface area contributed by atoms with Gasteiger partial charge in [-0.05, 0) is 35.4 Å². The second kappa shape index (κ2) is 6.46. The van der Waals surface area contributed by atoms with E-state index < -0.39 is 11.6 Å². The minimum Gasteiger partial charge on any atom is -0.309 e. The highest BCUT2D eigenvalue weighted by Gasteiger charge is 2.03. The van der Waals surface area contributed by atoms with Crippen LogP contribution in [0.1, 0.15) is 11.1 Å². The summed E-state index contributed by atoms with van der Waals surface area (Å²) in [5.41, 5.74) is 1.75. The second-order valence-electron chi connectivity index (χ2n) is 4.09. The molecule has 0 heterocycles. The lowest BCUT2D eigenvalue weighted by Gasteiger charge is -2.08. The third-order valence-corrected chi connectivity index (χ3v) is 3.62. The molecule has 0 radical (unpaired) electrons. The number of halogens is 4. The van der Waals surface area contributed by atoms with Crippen molar-refractivity contribution >= 4 is 27.5 Å². The molecule has 2 aromatic carbocycles. The lowest BCUT2D eigenvalue weighted by molar-refractivity contribution is 0.506. The predicted octanol–water partition coefficient (Wildman–Crippen LogP) is 4.67. The molecule has 0 spiro atoms. The van der Waals surface area contributed by atoms with Crippen molar-refractivity contribution in [3.05, 3.63) is 68.7 Å². The molecule has 100 valence electrons. The van der Waals surface area contributed by atoms with Gasteiger partial charge in [-0.1, -0.05) is 39.7 Å². The molecule has 2 rings (SSSR count). The maximum atomic E-state index is 13.0. The van der Waals surface area contributed by atoms with Gasteiger partial charge in [0.05, 0.1) is 0 Å². The lowest BCUT2D eigenvalue weighted by atomic mass is 10.2. The van der Waals surface area contributed by atoms with Crippen LogP contribution in [0.15, 0.2) is 40.9 Å². The molecule has 0 saturated carbocycles. The second-order valence-corrected chi connectivity index (χ2v) is 5.38. The first-order chi connectivity index (χ1) is 9.06. The van der Waals surface area contributed by atoms with Crippen LogP contribution in [0.2, 0.25) is 5.02 Å². The third kappa shape index (κ3) is 4.00. The minimum absolute atomic E-state index is 0.465. The van der Waals surface area contributed by atoms with E-state index in [1.165, 1.54) is 6.07 Å². The molecule has 0 aliphatic rings. The van der Waals surface area contributed by atoms with Crippen LogP contribution in [0.25, 0.3) is 0 Å². The van der Waals surface area contributed by atoms with Gasteiger partial charge in [0.25, 0.3) is 0 Å². The predicted molar refractivity (Wildman–Crippen MR) is 76.1 cm³/mol. The van der Waals surface area contributed by atoms with Crippen LogP contribution in [-0.4, -0.2) is 0 Å². The summed E-state index contributed by atoms with van der Waals surface area (Å²) in [6.45, 7) is 1.07. The zero-order valence-corrected chi connectivity index (χ0v) is 12.2. The fourth-order valence-electron chi connectivity index (χ4n) is 1.66. The summed E-state index contributed by atoms with van der Waals surface area (Å²) in [6.07, 6.45) is 0. The van der Waals surface area contributed by atoms with Crippen LogP contribution in [0.5, 0.6) is 0 Å². The molecule has 0 bridgehead atoms. The molecule has 0 unspecified atom stereocenters. The molecule has 0 aliphatic heterocycles. The van der Waals surface area contributed by atoms with E-state index in [1.807, 2.05) is 12.1 Å². The summed E-state index contributed by atoms with van der Waals surface area (Å²) in [5.74, 6) is -1.66. The van der Waals surface area contributed by atoms with Gasteiger partial charge in [0.15, 0.2) is 11.6 Å². The SMILES string of the molecule is Fc1ccc(CNCc2ccc(Cl)cc2Br)cc1F. The van der Waals surface area contributed by atoms with Crippen molar-refractivity contribution in [2.45, 2.75) is 13.1 Å². The molecule has 0 fully saturated rings. The van der Waals surface area contributed by atoms with E-state index in [2.05, 4.69) is 21.2 Å². The number of nitrogens with one attached hydrogen (secondary N) is 1. The quantitative estimate of drug-likeness (QED) is 0.848.